The summed E-state index contributed by atoms with van der Waals surface area (Å²) in [6.07, 6.45) is -0.374. The maximum Gasteiger partial charge on any atom is 0.261 e. The molecule has 1 saturated heterocycles. The number of anilines is 1. The van der Waals surface area contributed by atoms with Gasteiger partial charge in [-0.25, -0.2) is 0 Å². The number of carbonyl (C=O) groups excluding carboxylic acids is 2. The van der Waals surface area contributed by atoms with Gasteiger partial charge in [0.25, 0.3) is 5.91 Å². The molecule has 0 saturated carbocycles. The minimum Gasteiger partial charge on any atom is -0.497 e. The molecular weight excluding hydrogens is 600 g/mol. The number of aliphatic hydroxyl groups is 1. The number of benzene rings is 3. The summed E-state index contributed by atoms with van der Waals surface area (Å²) >= 11 is 3.58. The molecule has 3 aromatic rings. The maximum atomic E-state index is 13.9. The zero-order valence-corrected chi connectivity index (χ0v) is 26.5. The fraction of sp³-hybridized carbons (Fsp3) is 0.375. The van der Waals surface area contributed by atoms with Gasteiger partial charge in [-0.3, -0.25) is 9.59 Å². The van der Waals surface area contributed by atoms with Gasteiger partial charge in [0, 0.05) is 34.7 Å². The average molecular weight is 638 g/mol. The van der Waals surface area contributed by atoms with E-state index in [1.165, 1.54) is 5.19 Å². The highest BCUT2D eigenvalue weighted by molar-refractivity contribution is 9.10. The van der Waals surface area contributed by atoms with Crippen molar-refractivity contribution in [2.75, 3.05) is 25.6 Å². The molecule has 1 spiro atoms. The highest BCUT2D eigenvalue weighted by atomic mass is 79.9. The van der Waals surface area contributed by atoms with Crippen LogP contribution in [0.2, 0.25) is 18.6 Å². The van der Waals surface area contributed by atoms with Crippen LogP contribution >= 0.6 is 15.9 Å². The van der Waals surface area contributed by atoms with Gasteiger partial charge in [0.05, 0.1) is 34.3 Å². The number of fused-ring (bicyclic) bond motifs is 2. The number of halogens is 1. The molecule has 2 aliphatic heterocycles. The fourth-order valence-corrected chi connectivity index (χ4v) is 11.2. The Morgan fingerprint density at radius 3 is 2.49 bits per heavy atom. The Bertz CT molecular complexity index is 1420. The van der Waals surface area contributed by atoms with Crippen LogP contribution in [0.3, 0.4) is 0 Å². The van der Waals surface area contributed by atoms with Gasteiger partial charge in [0.15, 0.2) is 5.60 Å². The second-order valence-electron chi connectivity index (χ2n) is 11.5. The van der Waals surface area contributed by atoms with Crippen LogP contribution in [0.1, 0.15) is 24.5 Å². The van der Waals surface area contributed by atoms with Crippen molar-refractivity contribution in [3.63, 3.8) is 0 Å². The Kier molecular flexibility index (Phi) is 8.43. The Hall–Kier alpha value is -2.98. The summed E-state index contributed by atoms with van der Waals surface area (Å²) in [6.45, 7) is 7.16. The van der Waals surface area contributed by atoms with Gasteiger partial charge >= 0.3 is 0 Å². The lowest BCUT2D eigenvalue weighted by Crippen LogP contribution is -2.52. The summed E-state index contributed by atoms with van der Waals surface area (Å²) < 4.78 is 13.2. The molecule has 2 N–H and O–H groups in total. The molecule has 216 valence electrons. The van der Waals surface area contributed by atoms with Crippen molar-refractivity contribution in [2.45, 2.75) is 50.2 Å². The summed E-state index contributed by atoms with van der Waals surface area (Å²) in [5, 5.41) is 14.0. The number of ether oxygens (including phenoxy) is 2. The van der Waals surface area contributed by atoms with Gasteiger partial charge in [-0.1, -0.05) is 83.6 Å². The average Bonchev–Trinajstić information content (AvgIpc) is 3.41. The first-order valence-corrected chi connectivity index (χ1v) is 17.8. The quantitative estimate of drug-likeness (QED) is 0.322. The highest BCUT2D eigenvalue weighted by Crippen LogP contribution is 2.58. The van der Waals surface area contributed by atoms with Crippen LogP contribution in [0, 0.1) is 5.92 Å². The van der Waals surface area contributed by atoms with E-state index in [1.54, 1.807) is 12.0 Å². The topological polar surface area (TPSA) is 88.1 Å². The Morgan fingerprint density at radius 2 is 1.83 bits per heavy atom. The molecule has 9 heteroatoms. The molecule has 1 fully saturated rings. The van der Waals surface area contributed by atoms with Gasteiger partial charge in [0.1, 0.15) is 5.75 Å². The van der Waals surface area contributed by atoms with E-state index in [-0.39, 0.29) is 42.8 Å². The molecular formula is C32H37BrN2O5Si. The summed E-state index contributed by atoms with van der Waals surface area (Å²) in [7, 11) is -0.702. The number of nitrogens with one attached hydrogen (secondary N) is 1. The standard InChI is InChI=1S/C32H37BrN2O5Si/c1-21-30(41(3,4)25-13-11-24(39-2)12-14-25)28(19-29(37)35(16-17-36)20-22-8-6-5-7-9-22)40-32(21)26-18-23(33)10-15-27(26)34-31(32)38/h5-15,18,21,28,30,36H,16-17,19-20H2,1-4H3,(H,34,38)/t21-,28+,30-,32+/m0/s1. The maximum absolute atomic E-state index is 13.9. The van der Waals surface area contributed by atoms with Crippen LogP contribution in [-0.2, 0) is 26.5 Å². The molecule has 2 heterocycles. The zero-order valence-electron chi connectivity index (χ0n) is 23.9. The number of nitrogens with zero attached hydrogens (tertiary/aromatic N) is 1. The number of rotatable bonds is 9. The van der Waals surface area contributed by atoms with Crippen LogP contribution in [0.15, 0.2) is 77.3 Å². The van der Waals surface area contributed by atoms with Crippen molar-refractivity contribution in [1.29, 1.82) is 0 Å². The largest absolute Gasteiger partial charge is 0.497 e. The lowest BCUT2D eigenvalue weighted by Gasteiger charge is -2.37. The lowest BCUT2D eigenvalue weighted by molar-refractivity contribution is -0.148. The molecule has 0 bridgehead atoms. The first-order chi connectivity index (χ1) is 19.6. The minimum absolute atomic E-state index is 0.0526. The molecule has 0 unspecified atom stereocenters. The first-order valence-electron chi connectivity index (χ1n) is 14.0. The number of carbonyl (C=O) groups is 2. The molecule has 41 heavy (non-hydrogen) atoms. The second kappa shape index (κ2) is 11.7. The number of methoxy groups -OCH3 is 1. The van der Waals surface area contributed by atoms with Crippen LogP contribution in [0.5, 0.6) is 5.75 Å². The molecule has 0 aromatic heterocycles. The van der Waals surface area contributed by atoms with Crippen molar-refractivity contribution < 1.29 is 24.2 Å². The number of amides is 2. The monoisotopic (exact) mass is 636 g/mol. The van der Waals surface area contributed by atoms with Gasteiger partial charge in [-0.15, -0.1) is 0 Å². The normalized spacial score (nSPS) is 23.4. The Labute approximate surface area is 251 Å². The molecule has 4 atom stereocenters. The summed E-state index contributed by atoms with van der Waals surface area (Å²) in [5.41, 5.74) is 1.28. The fourth-order valence-electron chi connectivity index (χ4n) is 6.82. The van der Waals surface area contributed by atoms with E-state index in [0.717, 1.165) is 27.0 Å². The molecule has 7 nitrogen and oxygen atoms in total. The predicted molar refractivity (Wildman–Crippen MR) is 166 cm³/mol. The van der Waals surface area contributed by atoms with Crippen molar-refractivity contribution in [2.24, 2.45) is 5.92 Å². The molecule has 2 aliphatic rings. The van der Waals surface area contributed by atoms with Crippen molar-refractivity contribution in [1.82, 2.24) is 4.90 Å². The number of hydrogen-bond donors (Lipinski definition) is 2. The van der Waals surface area contributed by atoms with E-state index >= 15 is 0 Å². The van der Waals surface area contributed by atoms with Crippen molar-refractivity contribution >= 4 is 46.7 Å². The van der Waals surface area contributed by atoms with E-state index in [4.69, 9.17) is 9.47 Å². The summed E-state index contributed by atoms with van der Waals surface area (Å²) in [4.78, 5) is 29.4. The smallest absolute Gasteiger partial charge is 0.261 e. The molecule has 5 rings (SSSR count). The van der Waals surface area contributed by atoms with E-state index in [1.807, 2.05) is 60.7 Å². The summed E-state index contributed by atoms with van der Waals surface area (Å²) in [6, 6.07) is 23.7. The highest BCUT2D eigenvalue weighted by Gasteiger charge is 2.65. The van der Waals surface area contributed by atoms with E-state index in [0.29, 0.717) is 6.54 Å². The lowest BCUT2D eigenvalue weighted by atomic mass is 9.82. The molecule has 2 amide bonds. The molecule has 0 radical (unpaired) electrons. The summed E-state index contributed by atoms with van der Waals surface area (Å²) in [5.74, 6) is 0.302. The zero-order chi connectivity index (χ0) is 29.4. The SMILES string of the molecule is COc1ccc([Si](C)(C)[C@@H]2[C@@H](CC(=O)N(CCO)Cc3ccccc3)O[C@]3(C(=O)Nc4ccc(Br)cc43)[C@H]2C)cc1. The second-order valence-corrected chi connectivity index (χ2v) is 17.1. The van der Waals surface area contributed by atoms with Gasteiger partial charge in [-0.2, -0.15) is 0 Å². The first kappa shape index (κ1) is 29.5. The van der Waals surface area contributed by atoms with Crippen molar-refractivity contribution in [3.8, 4) is 5.75 Å². The van der Waals surface area contributed by atoms with E-state index < -0.39 is 19.8 Å². The van der Waals surface area contributed by atoms with Crippen LogP contribution in [-0.4, -0.2) is 56.3 Å². The van der Waals surface area contributed by atoms with Gasteiger partial charge in [0.2, 0.25) is 5.91 Å². The van der Waals surface area contributed by atoms with Gasteiger partial charge < -0.3 is 24.8 Å². The minimum atomic E-state index is -2.35. The van der Waals surface area contributed by atoms with Crippen LogP contribution in [0.4, 0.5) is 5.69 Å². The Balaban J connectivity index is 1.54. The molecule has 3 aromatic carbocycles. The third-order valence-corrected chi connectivity index (χ3v) is 13.7. The van der Waals surface area contributed by atoms with Crippen LogP contribution in [0.25, 0.3) is 0 Å². The van der Waals surface area contributed by atoms with Gasteiger partial charge in [-0.05, 0) is 41.4 Å². The third-order valence-electron chi connectivity index (χ3n) is 8.87. The number of hydrogen-bond acceptors (Lipinski definition) is 5. The predicted octanol–water partition coefficient (Wildman–Crippen LogP) is 5.04. The third kappa shape index (κ3) is 5.36. The molecule has 0 aliphatic carbocycles. The Morgan fingerprint density at radius 1 is 1.12 bits per heavy atom. The van der Waals surface area contributed by atoms with Crippen LogP contribution < -0.4 is 15.2 Å². The van der Waals surface area contributed by atoms with E-state index in [2.05, 4.69) is 53.4 Å². The number of aliphatic hydroxyl groups excluding tert-OH is 1. The van der Waals surface area contributed by atoms with Crippen molar-refractivity contribution in [3.05, 3.63) is 88.4 Å². The van der Waals surface area contributed by atoms with E-state index in [9.17, 15) is 14.7 Å².